The summed E-state index contributed by atoms with van der Waals surface area (Å²) in [7, 11) is 0. The monoisotopic (exact) mass is 549 g/mol. The zero-order valence-corrected chi connectivity index (χ0v) is 21.9. The van der Waals surface area contributed by atoms with Gasteiger partial charge in [0.15, 0.2) is 5.11 Å². The van der Waals surface area contributed by atoms with Crippen LogP contribution in [0.4, 0.5) is 5.69 Å². The molecule has 0 bridgehead atoms. The minimum atomic E-state index is -0.389. The van der Waals surface area contributed by atoms with Crippen LogP contribution in [0.15, 0.2) is 108 Å². The number of carbonyl (C=O) groups is 1. The standard InChI is InChI=1S/C30H20ClN5O2S/c31-21-10-8-20(9-11-21)28-16-13-23(38-28)14-17-29(37)33-30(39)32-22-12-15-25-26(18-22)35-36(34-25)27-7-3-5-19-4-1-2-6-24(19)27/h1-18H,(H2,32,33,37,39). The minimum absolute atomic E-state index is 0.159. The van der Waals surface area contributed by atoms with E-state index in [1.54, 1.807) is 29.1 Å². The van der Waals surface area contributed by atoms with Crippen LogP contribution >= 0.6 is 23.8 Å². The molecular formula is C30H20ClN5O2S. The highest BCUT2D eigenvalue weighted by Gasteiger charge is 2.10. The predicted octanol–water partition coefficient (Wildman–Crippen LogP) is 7.01. The summed E-state index contributed by atoms with van der Waals surface area (Å²) in [5, 5.41) is 17.9. The number of furan rings is 1. The molecular weight excluding hydrogens is 530 g/mol. The molecule has 6 aromatic rings. The molecule has 0 spiro atoms. The molecule has 9 heteroatoms. The molecule has 0 saturated heterocycles. The van der Waals surface area contributed by atoms with E-state index in [-0.39, 0.29) is 11.0 Å². The molecule has 0 radical (unpaired) electrons. The maximum atomic E-state index is 12.4. The number of benzene rings is 4. The highest BCUT2D eigenvalue weighted by molar-refractivity contribution is 7.80. The fourth-order valence-electron chi connectivity index (χ4n) is 4.17. The molecule has 0 aliphatic heterocycles. The molecule has 0 aliphatic carbocycles. The average Bonchev–Trinajstić information content (AvgIpc) is 3.59. The number of carbonyl (C=O) groups excluding carboxylic acids is 1. The molecule has 1 amide bonds. The van der Waals surface area contributed by atoms with Crippen molar-refractivity contribution in [2.45, 2.75) is 0 Å². The number of hydrogen-bond acceptors (Lipinski definition) is 5. The number of rotatable bonds is 5. The lowest BCUT2D eigenvalue weighted by Crippen LogP contribution is -2.32. The Morgan fingerprint density at radius 3 is 2.56 bits per heavy atom. The second kappa shape index (κ2) is 10.5. The lowest BCUT2D eigenvalue weighted by atomic mass is 10.1. The van der Waals surface area contributed by atoms with Crippen LogP contribution in [0.1, 0.15) is 5.76 Å². The highest BCUT2D eigenvalue weighted by Crippen LogP contribution is 2.25. The molecule has 0 fully saturated rings. The van der Waals surface area contributed by atoms with Crippen LogP contribution in [0, 0.1) is 0 Å². The van der Waals surface area contributed by atoms with Gasteiger partial charge in [-0.2, -0.15) is 0 Å². The Kier molecular flexibility index (Phi) is 6.62. The second-order valence-corrected chi connectivity index (χ2v) is 9.52. The molecule has 4 aromatic carbocycles. The predicted molar refractivity (Wildman–Crippen MR) is 159 cm³/mol. The van der Waals surface area contributed by atoms with Gasteiger partial charge in [-0.3, -0.25) is 10.1 Å². The number of halogens is 1. The first-order valence-corrected chi connectivity index (χ1v) is 12.8. The third-order valence-electron chi connectivity index (χ3n) is 6.01. The van der Waals surface area contributed by atoms with Crippen molar-refractivity contribution in [1.29, 1.82) is 0 Å². The molecule has 190 valence electrons. The molecule has 2 N–H and O–H groups in total. The van der Waals surface area contributed by atoms with E-state index in [1.807, 2.05) is 66.7 Å². The lowest BCUT2D eigenvalue weighted by molar-refractivity contribution is -0.115. The zero-order chi connectivity index (χ0) is 26.8. The van der Waals surface area contributed by atoms with Gasteiger partial charge in [0.1, 0.15) is 22.6 Å². The first kappa shape index (κ1) is 24.5. The van der Waals surface area contributed by atoms with Crippen LogP contribution in [0.25, 0.3) is 44.9 Å². The van der Waals surface area contributed by atoms with Gasteiger partial charge in [0, 0.05) is 27.7 Å². The van der Waals surface area contributed by atoms with Gasteiger partial charge in [-0.1, -0.05) is 48.0 Å². The van der Waals surface area contributed by atoms with Crippen molar-refractivity contribution in [2.75, 3.05) is 5.32 Å². The summed E-state index contributed by atoms with van der Waals surface area (Å²) >= 11 is 11.3. The summed E-state index contributed by atoms with van der Waals surface area (Å²) < 4.78 is 5.79. The van der Waals surface area contributed by atoms with E-state index in [2.05, 4.69) is 33.0 Å². The molecule has 0 aliphatic rings. The molecule has 7 nitrogen and oxygen atoms in total. The SMILES string of the molecule is O=C(C=Cc1ccc(-c2ccc(Cl)cc2)o1)NC(=S)Nc1ccc2nn(-c3cccc4ccccc34)nc2c1. The number of nitrogens with zero attached hydrogens (tertiary/aromatic N) is 3. The third-order valence-corrected chi connectivity index (χ3v) is 6.47. The van der Waals surface area contributed by atoms with Gasteiger partial charge in [-0.25, -0.2) is 0 Å². The van der Waals surface area contributed by atoms with Crippen molar-refractivity contribution in [3.8, 4) is 17.0 Å². The highest BCUT2D eigenvalue weighted by atomic mass is 35.5. The van der Waals surface area contributed by atoms with Gasteiger partial charge in [0.05, 0.1) is 5.69 Å². The van der Waals surface area contributed by atoms with Gasteiger partial charge in [-0.15, -0.1) is 15.0 Å². The Balaban J connectivity index is 1.11. The molecule has 2 heterocycles. The van der Waals surface area contributed by atoms with Gasteiger partial charge in [0.2, 0.25) is 5.91 Å². The van der Waals surface area contributed by atoms with Crippen molar-refractivity contribution < 1.29 is 9.21 Å². The van der Waals surface area contributed by atoms with E-state index in [0.29, 0.717) is 27.7 Å². The van der Waals surface area contributed by atoms with Crippen molar-refractivity contribution in [1.82, 2.24) is 20.3 Å². The van der Waals surface area contributed by atoms with Crippen LogP contribution < -0.4 is 10.6 Å². The van der Waals surface area contributed by atoms with Crippen molar-refractivity contribution in [2.24, 2.45) is 0 Å². The summed E-state index contributed by atoms with van der Waals surface area (Å²) in [4.78, 5) is 14.0. The van der Waals surface area contributed by atoms with E-state index in [9.17, 15) is 4.79 Å². The smallest absolute Gasteiger partial charge is 0.250 e. The van der Waals surface area contributed by atoms with E-state index in [0.717, 1.165) is 27.5 Å². The van der Waals surface area contributed by atoms with E-state index < -0.39 is 0 Å². The quantitative estimate of drug-likeness (QED) is 0.178. The lowest BCUT2D eigenvalue weighted by Gasteiger charge is -2.07. The van der Waals surface area contributed by atoms with Crippen LogP contribution in [0.3, 0.4) is 0 Å². The normalized spacial score (nSPS) is 11.3. The third kappa shape index (κ3) is 5.43. The summed E-state index contributed by atoms with van der Waals surface area (Å²) in [6.07, 6.45) is 2.94. The Morgan fingerprint density at radius 1 is 0.897 bits per heavy atom. The number of thiocarbonyl (C=S) groups is 1. The number of hydrogen-bond donors (Lipinski definition) is 2. The number of amides is 1. The molecule has 0 unspecified atom stereocenters. The van der Waals surface area contributed by atoms with Crippen LogP contribution in [-0.4, -0.2) is 26.0 Å². The van der Waals surface area contributed by atoms with Gasteiger partial charge in [0.25, 0.3) is 0 Å². The Labute approximate surface area is 233 Å². The van der Waals surface area contributed by atoms with Crippen molar-refractivity contribution in [3.05, 3.63) is 114 Å². The van der Waals surface area contributed by atoms with Crippen molar-refractivity contribution in [3.63, 3.8) is 0 Å². The maximum absolute atomic E-state index is 12.4. The number of fused-ring (bicyclic) bond motifs is 2. The van der Waals surface area contributed by atoms with Gasteiger partial charge < -0.3 is 9.73 Å². The van der Waals surface area contributed by atoms with Gasteiger partial charge >= 0.3 is 0 Å². The first-order chi connectivity index (χ1) is 19.0. The fraction of sp³-hybridized carbons (Fsp3) is 0. The summed E-state index contributed by atoms with van der Waals surface area (Å²) in [5.41, 5.74) is 3.90. The minimum Gasteiger partial charge on any atom is -0.457 e. The Hall–Kier alpha value is -4.79. The first-order valence-electron chi connectivity index (χ1n) is 12.0. The average molecular weight is 550 g/mol. The fourth-order valence-corrected chi connectivity index (χ4v) is 4.51. The number of anilines is 1. The Bertz CT molecular complexity index is 1870. The number of nitrogens with one attached hydrogen (secondary N) is 2. The van der Waals surface area contributed by atoms with Crippen molar-refractivity contribution >= 4 is 68.4 Å². The summed E-state index contributed by atoms with van der Waals surface area (Å²) in [5.74, 6) is 0.824. The summed E-state index contributed by atoms with van der Waals surface area (Å²) in [6, 6.07) is 30.6. The van der Waals surface area contributed by atoms with E-state index in [4.69, 9.17) is 28.2 Å². The summed E-state index contributed by atoms with van der Waals surface area (Å²) in [6.45, 7) is 0. The second-order valence-electron chi connectivity index (χ2n) is 8.68. The Morgan fingerprint density at radius 2 is 1.69 bits per heavy atom. The van der Waals surface area contributed by atoms with E-state index >= 15 is 0 Å². The van der Waals surface area contributed by atoms with Crippen LogP contribution in [0.2, 0.25) is 5.02 Å². The number of aromatic nitrogens is 3. The van der Waals surface area contributed by atoms with Gasteiger partial charge in [-0.05, 0) is 84.3 Å². The zero-order valence-electron chi connectivity index (χ0n) is 20.3. The molecule has 6 rings (SSSR count). The van der Waals surface area contributed by atoms with Crippen LogP contribution in [0.5, 0.6) is 0 Å². The van der Waals surface area contributed by atoms with Crippen LogP contribution in [-0.2, 0) is 4.79 Å². The van der Waals surface area contributed by atoms with E-state index in [1.165, 1.54) is 6.08 Å². The molecule has 0 atom stereocenters. The molecule has 2 aromatic heterocycles. The maximum Gasteiger partial charge on any atom is 0.250 e. The molecule has 0 saturated carbocycles. The topological polar surface area (TPSA) is 85.0 Å². The largest absolute Gasteiger partial charge is 0.457 e. The molecule has 39 heavy (non-hydrogen) atoms.